The molecule has 0 unspecified atom stereocenters. The molecule has 13 heavy (non-hydrogen) atoms. The van der Waals surface area contributed by atoms with Crippen molar-refractivity contribution >= 4 is 11.8 Å². The van der Waals surface area contributed by atoms with E-state index in [-0.39, 0.29) is 10.6 Å². The molecule has 0 spiro atoms. The van der Waals surface area contributed by atoms with Crippen molar-refractivity contribution < 1.29 is 4.92 Å². The number of benzene rings is 1. The summed E-state index contributed by atoms with van der Waals surface area (Å²) in [6.45, 7) is 1.99. The Morgan fingerprint density at radius 3 is 2.77 bits per heavy atom. The van der Waals surface area contributed by atoms with Crippen molar-refractivity contribution in [3.63, 3.8) is 0 Å². The fourth-order valence-corrected chi connectivity index (χ4v) is 1.04. The summed E-state index contributed by atoms with van der Waals surface area (Å²) in [7, 11) is 0. The number of nitro benzene ring substituents is 1. The van der Waals surface area contributed by atoms with Crippen molar-refractivity contribution in [2.45, 2.75) is 13.3 Å². The molecule has 0 aliphatic rings. The number of nitrogens with zero attached hydrogens (tertiary/aromatic N) is 1. The number of hydrogen-bond acceptors (Lipinski definition) is 2. The third kappa shape index (κ3) is 2.40. The van der Waals surface area contributed by atoms with E-state index in [1.54, 1.807) is 24.3 Å². The van der Waals surface area contributed by atoms with Crippen LogP contribution in [0.15, 0.2) is 30.3 Å². The van der Waals surface area contributed by atoms with E-state index in [0.29, 0.717) is 5.56 Å². The molecule has 0 amide bonds. The Hall–Kier alpha value is -1.64. The third-order valence-electron chi connectivity index (χ3n) is 1.67. The molecule has 0 aliphatic heterocycles. The first-order valence-electron chi connectivity index (χ1n) is 4.15. The van der Waals surface area contributed by atoms with Gasteiger partial charge in [0.25, 0.3) is 5.69 Å². The molecule has 3 heteroatoms. The minimum Gasteiger partial charge on any atom is -0.258 e. The van der Waals surface area contributed by atoms with Gasteiger partial charge in [-0.2, -0.15) is 0 Å². The first-order valence-corrected chi connectivity index (χ1v) is 4.15. The predicted molar refractivity (Wildman–Crippen MR) is 52.4 cm³/mol. The van der Waals surface area contributed by atoms with E-state index in [1.807, 2.05) is 13.0 Å². The van der Waals surface area contributed by atoms with E-state index < -0.39 is 0 Å². The number of hydrogen-bond donors (Lipinski definition) is 0. The topological polar surface area (TPSA) is 43.1 Å². The molecule has 3 nitrogen and oxygen atoms in total. The maximum Gasteiger partial charge on any atom is 0.276 e. The molecule has 1 aromatic carbocycles. The molecule has 0 aromatic heterocycles. The fraction of sp³-hybridized carbons (Fsp3) is 0.200. The van der Waals surface area contributed by atoms with Crippen molar-refractivity contribution in [1.82, 2.24) is 0 Å². The van der Waals surface area contributed by atoms with Crippen LogP contribution in [-0.4, -0.2) is 4.92 Å². The zero-order valence-corrected chi connectivity index (χ0v) is 7.43. The summed E-state index contributed by atoms with van der Waals surface area (Å²) < 4.78 is 0. The van der Waals surface area contributed by atoms with Crippen LogP contribution in [0.1, 0.15) is 18.9 Å². The summed E-state index contributed by atoms with van der Waals surface area (Å²) in [5.41, 5.74) is 0.821. The second-order valence-electron chi connectivity index (χ2n) is 2.63. The fourth-order valence-electron chi connectivity index (χ4n) is 1.04. The number of allylic oxidation sites excluding steroid dienone is 1. The largest absolute Gasteiger partial charge is 0.276 e. The lowest BCUT2D eigenvalue weighted by Gasteiger charge is -1.95. The Labute approximate surface area is 76.9 Å². The van der Waals surface area contributed by atoms with Crippen LogP contribution in [0.3, 0.4) is 0 Å². The second-order valence-corrected chi connectivity index (χ2v) is 2.63. The van der Waals surface area contributed by atoms with E-state index in [2.05, 4.69) is 0 Å². The monoisotopic (exact) mass is 177 g/mol. The molecule has 0 bridgehead atoms. The second kappa shape index (κ2) is 4.40. The van der Waals surface area contributed by atoms with E-state index in [0.717, 1.165) is 6.42 Å². The summed E-state index contributed by atoms with van der Waals surface area (Å²) in [6, 6.07) is 6.71. The highest BCUT2D eigenvalue weighted by molar-refractivity contribution is 5.60. The highest BCUT2D eigenvalue weighted by Gasteiger charge is 2.08. The summed E-state index contributed by atoms with van der Waals surface area (Å²) in [4.78, 5) is 10.2. The van der Waals surface area contributed by atoms with Crippen molar-refractivity contribution in [1.29, 1.82) is 0 Å². The van der Waals surface area contributed by atoms with Gasteiger partial charge in [0.15, 0.2) is 0 Å². The van der Waals surface area contributed by atoms with Crippen molar-refractivity contribution in [2.24, 2.45) is 0 Å². The number of rotatable bonds is 3. The van der Waals surface area contributed by atoms with Crippen molar-refractivity contribution in [3.8, 4) is 0 Å². The van der Waals surface area contributed by atoms with Gasteiger partial charge in [-0.15, -0.1) is 0 Å². The van der Waals surface area contributed by atoms with E-state index in [1.165, 1.54) is 6.07 Å². The molecule has 1 rings (SSSR count). The quantitative estimate of drug-likeness (QED) is 0.526. The molecule has 0 radical (unpaired) electrons. The molecule has 0 fully saturated rings. The lowest BCUT2D eigenvalue weighted by molar-refractivity contribution is -0.385. The molecule has 0 atom stereocenters. The SMILES string of the molecule is CCC=Cc1ccccc1[N+](=O)[O-]. The molecule has 0 N–H and O–H groups in total. The maximum atomic E-state index is 10.6. The smallest absolute Gasteiger partial charge is 0.258 e. The molecule has 1 aromatic rings. The standard InChI is InChI=1S/C10H11NO2/c1-2-3-6-9-7-4-5-8-10(9)11(12)13/h3-8H,2H2,1H3. The first-order chi connectivity index (χ1) is 6.25. The van der Waals surface area contributed by atoms with Gasteiger partial charge in [0, 0.05) is 6.07 Å². The maximum absolute atomic E-state index is 10.6. The van der Waals surface area contributed by atoms with Crippen LogP contribution in [0.5, 0.6) is 0 Å². The Morgan fingerprint density at radius 2 is 2.15 bits per heavy atom. The minimum atomic E-state index is -0.366. The summed E-state index contributed by atoms with van der Waals surface area (Å²) in [6.07, 6.45) is 4.56. The van der Waals surface area contributed by atoms with Gasteiger partial charge in [0.05, 0.1) is 10.5 Å². The van der Waals surface area contributed by atoms with Crippen molar-refractivity contribution in [2.75, 3.05) is 0 Å². The van der Waals surface area contributed by atoms with Crippen LogP contribution in [0.25, 0.3) is 6.08 Å². The zero-order valence-electron chi connectivity index (χ0n) is 7.43. The molecule has 0 saturated heterocycles. The van der Waals surface area contributed by atoms with E-state index >= 15 is 0 Å². The Balaban J connectivity index is 3.05. The molecular formula is C10H11NO2. The first kappa shape index (κ1) is 9.45. The van der Waals surface area contributed by atoms with Gasteiger partial charge in [-0.25, -0.2) is 0 Å². The van der Waals surface area contributed by atoms with Crippen LogP contribution in [0.2, 0.25) is 0 Å². The number of para-hydroxylation sites is 1. The van der Waals surface area contributed by atoms with Gasteiger partial charge in [0.2, 0.25) is 0 Å². The molecule has 68 valence electrons. The van der Waals surface area contributed by atoms with Gasteiger partial charge >= 0.3 is 0 Å². The Kier molecular flexibility index (Phi) is 3.20. The van der Waals surface area contributed by atoms with Crippen molar-refractivity contribution in [3.05, 3.63) is 46.0 Å². The van der Waals surface area contributed by atoms with Gasteiger partial charge in [-0.05, 0) is 12.5 Å². The average molecular weight is 177 g/mol. The molecule has 0 saturated carbocycles. The van der Waals surface area contributed by atoms with Gasteiger partial charge in [0.1, 0.15) is 0 Å². The van der Waals surface area contributed by atoms with Gasteiger partial charge in [-0.3, -0.25) is 10.1 Å². The highest BCUT2D eigenvalue weighted by atomic mass is 16.6. The molecule has 0 aliphatic carbocycles. The van der Waals surface area contributed by atoms with Gasteiger partial charge < -0.3 is 0 Å². The lowest BCUT2D eigenvalue weighted by atomic mass is 10.1. The zero-order chi connectivity index (χ0) is 9.68. The normalized spacial score (nSPS) is 10.5. The highest BCUT2D eigenvalue weighted by Crippen LogP contribution is 2.18. The average Bonchev–Trinajstić information content (AvgIpc) is 2.15. The van der Waals surface area contributed by atoms with Crippen LogP contribution in [-0.2, 0) is 0 Å². The van der Waals surface area contributed by atoms with E-state index in [4.69, 9.17) is 0 Å². The molecule has 0 heterocycles. The molecular weight excluding hydrogens is 166 g/mol. The summed E-state index contributed by atoms with van der Waals surface area (Å²) in [5.74, 6) is 0. The summed E-state index contributed by atoms with van der Waals surface area (Å²) in [5, 5.41) is 10.6. The van der Waals surface area contributed by atoms with Crippen LogP contribution in [0.4, 0.5) is 5.69 Å². The lowest BCUT2D eigenvalue weighted by Crippen LogP contribution is -1.90. The predicted octanol–water partition coefficient (Wildman–Crippen LogP) is 3.02. The minimum absolute atomic E-state index is 0.159. The van der Waals surface area contributed by atoms with Crippen LogP contribution >= 0.6 is 0 Å². The van der Waals surface area contributed by atoms with Gasteiger partial charge in [-0.1, -0.05) is 31.2 Å². The number of nitro groups is 1. The summed E-state index contributed by atoms with van der Waals surface area (Å²) >= 11 is 0. The Bertz CT molecular complexity index is 331. The third-order valence-corrected chi connectivity index (χ3v) is 1.67. The Morgan fingerprint density at radius 1 is 1.46 bits per heavy atom. The van der Waals surface area contributed by atoms with E-state index in [9.17, 15) is 10.1 Å². The van der Waals surface area contributed by atoms with Crippen LogP contribution in [0, 0.1) is 10.1 Å². The van der Waals surface area contributed by atoms with Crippen LogP contribution < -0.4 is 0 Å².